The highest BCUT2D eigenvalue weighted by Crippen LogP contribution is 2.27. The van der Waals surface area contributed by atoms with Gasteiger partial charge in [-0.2, -0.15) is 5.26 Å². The van der Waals surface area contributed by atoms with Gasteiger partial charge in [-0.1, -0.05) is 61.7 Å². The van der Waals surface area contributed by atoms with E-state index in [1.807, 2.05) is 42.5 Å². The zero-order valence-electron chi connectivity index (χ0n) is 16.0. The molecule has 3 rings (SSSR count). The number of esters is 1. The lowest BCUT2D eigenvalue weighted by Gasteiger charge is -2.32. The van der Waals surface area contributed by atoms with Crippen molar-refractivity contribution in [2.45, 2.75) is 50.7 Å². The zero-order valence-corrected chi connectivity index (χ0v) is 16.0. The molecule has 1 atom stereocenters. The fraction of sp³-hybridized carbons (Fsp3) is 0.348. The molecule has 1 N–H and O–H groups in total. The Morgan fingerprint density at radius 3 is 2.21 bits per heavy atom. The first kappa shape index (κ1) is 19.6. The van der Waals surface area contributed by atoms with Gasteiger partial charge in [0, 0.05) is 0 Å². The summed E-state index contributed by atoms with van der Waals surface area (Å²) in [6.07, 6.45) is 3.20. The van der Waals surface area contributed by atoms with E-state index in [1.54, 1.807) is 12.1 Å². The van der Waals surface area contributed by atoms with Crippen LogP contribution < -0.4 is 5.32 Å². The predicted molar refractivity (Wildman–Crippen MR) is 106 cm³/mol. The lowest BCUT2D eigenvalue weighted by Crippen LogP contribution is -2.52. The average Bonchev–Trinajstić information content (AvgIpc) is 2.75. The molecule has 2 aromatic rings. The van der Waals surface area contributed by atoms with E-state index in [0.717, 1.165) is 30.4 Å². The number of ether oxygens (including phenoxy) is 1. The maximum absolute atomic E-state index is 12.4. The smallest absolute Gasteiger partial charge is 0.338 e. The molecule has 1 fully saturated rings. The van der Waals surface area contributed by atoms with Gasteiger partial charge >= 0.3 is 5.97 Å². The van der Waals surface area contributed by atoms with Gasteiger partial charge in [-0.25, -0.2) is 4.79 Å². The minimum absolute atomic E-state index is 0.381. The number of carbonyl (C=O) groups is 2. The Morgan fingerprint density at radius 2 is 1.61 bits per heavy atom. The number of amides is 1. The Kier molecular flexibility index (Phi) is 6.10. The summed E-state index contributed by atoms with van der Waals surface area (Å²) in [5.41, 5.74) is 1.60. The quantitative estimate of drug-likeness (QED) is 0.792. The number of carbonyl (C=O) groups excluding carboxylic acids is 2. The molecule has 1 saturated carbocycles. The van der Waals surface area contributed by atoms with Crippen molar-refractivity contribution < 1.29 is 14.3 Å². The van der Waals surface area contributed by atoms with Crippen LogP contribution >= 0.6 is 0 Å². The number of nitrogens with zero attached hydrogens (tertiary/aromatic N) is 1. The number of rotatable bonds is 5. The maximum atomic E-state index is 12.4. The van der Waals surface area contributed by atoms with E-state index in [9.17, 15) is 14.9 Å². The van der Waals surface area contributed by atoms with Crippen molar-refractivity contribution in [3.8, 4) is 17.2 Å². The Balaban J connectivity index is 1.60. The van der Waals surface area contributed by atoms with E-state index in [1.165, 1.54) is 6.92 Å². The molecule has 1 aliphatic rings. The van der Waals surface area contributed by atoms with Crippen molar-refractivity contribution >= 4 is 11.9 Å². The molecular weight excluding hydrogens is 352 g/mol. The highest BCUT2D eigenvalue weighted by atomic mass is 16.5. The van der Waals surface area contributed by atoms with Crippen LogP contribution in [0.4, 0.5) is 0 Å². The molecular formula is C23H24N2O3. The minimum Gasteiger partial charge on any atom is -0.449 e. The molecule has 0 aromatic heterocycles. The van der Waals surface area contributed by atoms with Crippen molar-refractivity contribution in [3.05, 3.63) is 60.2 Å². The van der Waals surface area contributed by atoms with Crippen molar-refractivity contribution in [2.24, 2.45) is 0 Å². The van der Waals surface area contributed by atoms with Crippen molar-refractivity contribution in [3.63, 3.8) is 0 Å². The fourth-order valence-corrected chi connectivity index (χ4v) is 3.47. The van der Waals surface area contributed by atoms with E-state index in [0.29, 0.717) is 18.4 Å². The predicted octanol–water partition coefficient (Wildman–Crippen LogP) is 4.24. The first-order valence-electron chi connectivity index (χ1n) is 9.63. The average molecular weight is 376 g/mol. The molecule has 5 heteroatoms. The summed E-state index contributed by atoms with van der Waals surface area (Å²) in [6, 6.07) is 19.2. The summed E-state index contributed by atoms with van der Waals surface area (Å²) in [7, 11) is 0. The molecule has 1 amide bonds. The number of hydrogen-bond acceptors (Lipinski definition) is 4. The maximum Gasteiger partial charge on any atom is 0.338 e. The van der Waals surface area contributed by atoms with Gasteiger partial charge in [0.2, 0.25) is 0 Å². The Morgan fingerprint density at radius 1 is 1.00 bits per heavy atom. The Hall–Kier alpha value is -3.13. The van der Waals surface area contributed by atoms with E-state index in [4.69, 9.17) is 4.74 Å². The van der Waals surface area contributed by atoms with Crippen LogP contribution in [0.25, 0.3) is 11.1 Å². The second-order valence-corrected chi connectivity index (χ2v) is 7.23. The molecule has 1 aliphatic carbocycles. The van der Waals surface area contributed by atoms with Crippen LogP contribution in [0.2, 0.25) is 0 Å². The highest BCUT2D eigenvalue weighted by molar-refractivity contribution is 5.92. The molecule has 0 saturated heterocycles. The minimum atomic E-state index is -0.964. The number of nitriles is 1. The van der Waals surface area contributed by atoms with Gasteiger partial charge in [0.1, 0.15) is 5.54 Å². The van der Waals surface area contributed by atoms with E-state index in [2.05, 4.69) is 11.4 Å². The van der Waals surface area contributed by atoms with Gasteiger partial charge in [-0.05, 0) is 43.0 Å². The molecule has 1 unspecified atom stereocenters. The monoisotopic (exact) mass is 376 g/mol. The SMILES string of the molecule is CC(OC(=O)c1ccc(-c2ccccc2)cc1)C(=O)NC1(C#N)CCCCC1. The largest absolute Gasteiger partial charge is 0.449 e. The van der Waals surface area contributed by atoms with Crippen LogP contribution in [0.1, 0.15) is 49.4 Å². The molecule has 0 heterocycles. The van der Waals surface area contributed by atoms with E-state index < -0.39 is 23.5 Å². The number of hydrogen-bond donors (Lipinski definition) is 1. The van der Waals surface area contributed by atoms with Gasteiger partial charge in [0.25, 0.3) is 5.91 Å². The lowest BCUT2D eigenvalue weighted by molar-refractivity contribution is -0.130. The van der Waals surface area contributed by atoms with Crippen LogP contribution in [-0.4, -0.2) is 23.5 Å². The van der Waals surface area contributed by atoms with Gasteiger partial charge in [-0.3, -0.25) is 4.79 Å². The van der Waals surface area contributed by atoms with Gasteiger partial charge in [-0.15, -0.1) is 0 Å². The van der Waals surface area contributed by atoms with E-state index in [-0.39, 0.29) is 0 Å². The van der Waals surface area contributed by atoms with Gasteiger partial charge in [0.05, 0.1) is 11.6 Å². The normalized spacial score (nSPS) is 16.4. The summed E-state index contributed by atoms with van der Waals surface area (Å²) >= 11 is 0. The second-order valence-electron chi connectivity index (χ2n) is 7.23. The standard InChI is InChI=1S/C23H24N2O3/c1-17(21(26)25-23(16-24)14-6-3-7-15-23)28-22(27)20-12-10-19(11-13-20)18-8-4-2-5-9-18/h2,4-5,8-13,17H,3,6-7,14-15H2,1H3,(H,25,26). The third-order valence-corrected chi connectivity index (χ3v) is 5.16. The van der Waals surface area contributed by atoms with Crippen LogP contribution in [0.3, 0.4) is 0 Å². The molecule has 0 radical (unpaired) electrons. The summed E-state index contributed by atoms with van der Waals surface area (Å²) in [5, 5.41) is 12.3. The van der Waals surface area contributed by atoms with Crippen LogP contribution in [0.15, 0.2) is 54.6 Å². The summed E-state index contributed by atoms with van der Waals surface area (Å²) in [4.78, 5) is 24.8. The van der Waals surface area contributed by atoms with E-state index >= 15 is 0 Å². The highest BCUT2D eigenvalue weighted by Gasteiger charge is 2.35. The van der Waals surface area contributed by atoms with Crippen LogP contribution in [-0.2, 0) is 9.53 Å². The summed E-state index contributed by atoms with van der Waals surface area (Å²) < 4.78 is 5.31. The molecule has 0 spiro atoms. The molecule has 0 aliphatic heterocycles. The van der Waals surface area contributed by atoms with Gasteiger partial charge in [0.15, 0.2) is 6.10 Å². The number of benzene rings is 2. The first-order chi connectivity index (χ1) is 13.5. The summed E-state index contributed by atoms with van der Waals surface area (Å²) in [6.45, 7) is 1.53. The van der Waals surface area contributed by atoms with Gasteiger partial charge < -0.3 is 10.1 Å². The Labute approximate surface area is 165 Å². The topological polar surface area (TPSA) is 79.2 Å². The molecule has 0 bridgehead atoms. The molecule has 28 heavy (non-hydrogen) atoms. The van der Waals surface area contributed by atoms with Crippen LogP contribution in [0.5, 0.6) is 0 Å². The third kappa shape index (κ3) is 4.58. The first-order valence-corrected chi connectivity index (χ1v) is 9.63. The van der Waals surface area contributed by atoms with Crippen LogP contribution in [0, 0.1) is 11.3 Å². The second kappa shape index (κ2) is 8.71. The third-order valence-electron chi connectivity index (χ3n) is 5.16. The molecule has 5 nitrogen and oxygen atoms in total. The van der Waals surface area contributed by atoms with Crippen molar-refractivity contribution in [2.75, 3.05) is 0 Å². The lowest BCUT2D eigenvalue weighted by atomic mass is 9.83. The summed E-state index contributed by atoms with van der Waals surface area (Å²) in [5.74, 6) is -0.991. The zero-order chi connectivity index (χ0) is 20.0. The van der Waals surface area contributed by atoms with Crippen molar-refractivity contribution in [1.29, 1.82) is 5.26 Å². The number of nitrogens with one attached hydrogen (secondary N) is 1. The molecule has 144 valence electrons. The molecule has 2 aromatic carbocycles. The Bertz CT molecular complexity index is 863. The van der Waals surface area contributed by atoms with Crippen molar-refractivity contribution in [1.82, 2.24) is 5.32 Å². The fourth-order valence-electron chi connectivity index (χ4n) is 3.47.